The summed E-state index contributed by atoms with van der Waals surface area (Å²) in [6.45, 7) is 0. The molecule has 0 aliphatic carbocycles. The molecule has 0 saturated carbocycles. The van der Waals surface area contributed by atoms with Crippen molar-refractivity contribution in [1.82, 2.24) is 10.2 Å². The van der Waals surface area contributed by atoms with Crippen LogP contribution in [0.1, 0.15) is 0 Å². The molecule has 1 aromatic heterocycles. The highest BCUT2D eigenvalue weighted by Gasteiger charge is 1.95. The first-order valence-electron chi connectivity index (χ1n) is 3.27. The molecule has 0 amide bonds. The van der Waals surface area contributed by atoms with Gasteiger partial charge in [0.25, 0.3) is 0 Å². The van der Waals surface area contributed by atoms with Gasteiger partial charge in [0.05, 0.1) is 6.34 Å². The van der Waals surface area contributed by atoms with Crippen molar-refractivity contribution in [1.29, 1.82) is 0 Å². The zero-order chi connectivity index (χ0) is 8.10. The summed E-state index contributed by atoms with van der Waals surface area (Å²) in [6.07, 6.45) is 3.32. The molecular formula is C7H10N4. The highest BCUT2D eigenvalue weighted by atomic mass is 15.2. The second-order valence-corrected chi connectivity index (χ2v) is 2.07. The van der Waals surface area contributed by atoms with E-state index in [1.54, 1.807) is 24.5 Å². The third-order valence-corrected chi connectivity index (χ3v) is 1.21. The number of hydrogen-bond donors (Lipinski definition) is 0. The summed E-state index contributed by atoms with van der Waals surface area (Å²) in [5.74, 6) is 0.790. The zero-order valence-corrected chi connectivity index (χ0v) is 6.60. The Morgan fingerprint density at radius 2 is 2.45 bits per heavy atom. The van der Waals surface area contributed by atoms with Crippen LogP contribution in [-0.4, -0.2) is 30.6 Å². The fourth-order valence-corrected chi connectivity index (χ4v) is 0.714. The topological polar surface area (TPSA) is 41.4 Å². The van der Waals surface area contributed by atoms with E-state index in [9.17, 15) is 0 Å². The molecule has 1 aromatic rings. The highest BCUT2D eigenvalue weighted by Crippen LogP contribution is 2.01. The van der Waals surface area contributed by atoms with Crippen LogP contribution in [0.4, 0.5) is 5.82 Å². The van der Waals surface area contributed by atoms with Gasteiger partial charge in [0.1, 0.15) is 0 Å². The van der Waals surface area contributed by atoms with E-state index in [0.29, 0.717) is 0 Å². The van der Waals surface area contributed by atoms with E-state index in [1.807, 2.05) is 19.2 Å². The number of aromatic nitrogens is 2. The van der Waals surface area contributed by atoms with E-state index in [1.165, 1.54) is 0 Å². The van der Waals surface area contributed by atoms with Gasteiger partial charge in [-0.15, -0.1) is 5.10 Å². The number of hydrogen-bond acceptors (Lipinski definition) is 3. The minimum atomic E-state index is 0.790. The van der Waals surface area contributed by atoms with Gasteiger partial charge in [-0.05, 0) is 12.1 Å². The Bertz CT molecular complexity index is 231. The van der Waals surface area contributed by atoms with Crippen LogP contribution >= 0.6 is 0 Å². The van der Waals surface area contributed by atoms with Crippen LogP contribution < -0.4 is 4.90 Å². The van der Waals surface area contributed by atoms with Crippen molar-refractivity contribution >= 4 is 12.2 Å². The lowest BCUT2D eigenvalue weighted by Crippen LogP contribution is -2.15. The first-order chi connectivity index (χ1) is 5.34. The zero-order valence-electron chi connectivity index (χ0n) is 6.60. The molecule has 11 heavy (non-hydrogen) atoms. The molecule has 0 aromatic carbocycles. The van der Waals surface area contributed by atoms with E-state index < -0.39 is 0 Å². The Labute approximate surface area is 65.6 Å². The van der Waals surface area contributed by atoms with Gasteiger partial charge < -0.3 is 4.90 Å². The van der Waals surface area contributed by atoms with Gasteiger partial charge in [-0.1, -0.05) is 0 Å². The summed E-state index contributed by atoms with van der Waals surface area (Å²) in [5.41, 5.74) is 0. The average Bonchev–Trinajstić information content (AvgIpc) is 2.07. The average molecular weight is 150 g/mol. The van der Waals surface area contributed by atoms with Crippen LogP contribution in [0.2, 0.25) is 0 Å². The molecule has 0 aliphatic rings. The Morgan fingerprint density at radius 3 is 3.00 bits per heavy atom. The number of aliphatic imine (C=N–C) groups is 1. The maximum absolute atomic E-state index is 3.88. The molecule has 1 heterocycles. The van der Waals surface area contributed by atoms with Crippen LogP contribution in [0.3, 0.4) is 0 Å². The molecule has 0 fully saturated rings. The lowest BCUT2D eigenvalue weighted by atomic mass is 10.5. The SMILES string of the molecule is CN=CN(C)c1cccnn1. The summed E-state index contributed by atoms with van der Waals surface area (Å²) in [6, 6.07) is 3.71. The summed E-state index contributed by atoms with van der Waals surface area (Å²) in [7, 11) is 3.59. The van der Waals surface area contributed by atoms with Gasteiger partial charge in [-0.3, -0.25) is 4.99 Å². The second-order valence-electron chi connectivity index (χ2n) is 2.07. The molecule has 0 atom stereocenters. The van der Waals surface area contributed by atoms with Crippen molar-refractivity contribution in [3.8, 4) is 0 Å². The Kier molecular flexibility index (Phi) is 2.54. The number of nitrogens with zero attached hydrogens (tertiary/aromatic N) is 4. The van der Waals surface area contributed by atoms with E-state index in [0.717, 1.165) is 5.82 Å². The predicted octanol–water partition coefficient (Wildman–Crippen LogP) is 0.571. The van der Waals surface area contributed by atoms with Crippen molar-refractivity contribution in [3.05, 3.63) is 18.3 Å². The fraction of sp³-hybridized carbons (Fsp3) is 0.286. The summed E-state index contributed by atoms with van der Waals surface area (Å²) < 4.78 is 0. The van der Waals surface area contributed by atoms with Crippen molar-refractivity contribution in [2.75, 3.05) is 19.0 Å². The summed E-state index contributed by atoms with van der Waals surface area (Å²) in [5, 5.41) is 7.62. The van der Waals surface area contributed by atoms with E-state index in [-0.39, 0.29) is 0 Å². The summed E-state index contributed by atoms with van der Waals surface area (Å²) >= 11 is 0. The molecule has 4 nitrogen and oxygen atoms in total. The van der Waals surface area contributed by atoms with Gasteiger partial charge in [-0.2, -0.15) is 5.10 Å². The molecular weight excluding hydrogens is 140 g/mol. The Hall–Kier alpha value is -1.45. The maximum Gasteiger partial charge on any atom is 0.156 e. The normalized spacial score (nSPS) is 10.4. The van der Waals surface area contributed by atoms with Crippen molar-refractivity contribution in [2.24, 2.45) is 4.99 Å². The molecule has 4 heteroatoms. The van der Waals surface area contributed by atoms with Gasteiger partial charge in [0, 0.05) is 20.3 Å². The van der Waals surface area contributed by atoms with Crippen LogP contribution in [-0.2, 0) is 0 Å². The number of anilines is 1. The Morgan fingerprint density at radius 1 is 1.64 bits per heavy atom. The van der Waals surface area contributed by atoms with Crippen molar-refractivity contribution in [2.45, 2.75) is 0 Å². The van der Waals surface area contributed by atoms with Crippen LogP contribution in [0.15, 0.2) is 23.3 Å². The van der Waals surface area contributed by atoms with E-state index >= 15 is 0 Å². The standard InChI is InChI=1S/C7H10N4/c1-8-6-11(2)7-4-3-5-9-10-7/h3-6H,1-2H3. The van der Waals surface area contributed by atoms with Crippen molar-refractivity contribution < 1.29 is 0 Å². The van der Waals surface area contributed by atoms with E-state index in [2.05, 4.69) is 15.2 Å². The number of rotatable bonds is 2. The fourth-order valence-electron chi connectivity index (χ4n) is 0.714. The molecule has 58 valence electrons. The Balaban J connectivity index is 2.76. The van der Waals surface area contributed by atoms with Gasteiger partial charge in [0.2, 0.25) is 0 Å². The monoisotopic (exact) mass is 150 g/mol. The van der Waals surface area contributed by atoms with Crippen LogP contribution in [0, 0.1) is 0 Å². The predicted molar refractivity (Wildman–Crippen MR) is 44.9 cm³/mol. The van der Waals surface area contributed by atoms with Crippen molar-refractivity contribution in [3.63, 3.8) is 0 Å². The maximum atomic E-state index is 3.88. The van der Waals surface area contributed by atoms with Gasteiger partial charge in [0.15, 0.2) is 5.82 Å². The smallest absolute Gasteiger partial charge is 0.156 e. The van der Waals surface area contributed by atoms with E-state index in [4.69, 9.17) is 0 Å². The minimum Gasteiger partial charge on any atom is -0.319 e. The van der Waals surface area contributed by atoms with Gasteiger partial charge in [-0.25, -0.2) is 0 Å². The third kappa shape index (κ3) is 2.00. The van der Waals surface area contributed by atoms with Crippen LogP contribution in [0.25, 0.3) is 0 Å². The largest absolute Gasteiger partial charge is 0.319 e. The second kappa shape index (κ2) is 3.65. The highest BCUT2D eigenvalue weighted by molar-refractivity contribution is 5.75. The first kappa shape index (κ1) is 7.65. The minimum absolute atomic E-state index is 0.790. The molecule has 0 saturated heterocycles. The first-order valence-corrected chi connectivity index (χ1v) is 3.27. The molecule has 0 aliphatic heterocycles. The molecule has 0 unspecified atom stereocenters. The molecule has 0 bridgehead atoms. The lowest BCUT2D eigenvalue weighted by Gasteiger charge is -2.08. The lowest BCUT2D eigenvalue weighted by molar-refractivity contribution is 1.00. The molecule has 0 spiro atoms. The quantitative estimate of drug-likeness (QED) is 0.457. The molecule has 0 N–H and O–H groups in total. The van der Waals surface area contributed by atoms with Gasteiger partial charge >= 0.3 is 0 Å². The molecule has 0 radical (unpaired) electrons. The molecule has 1 rings (SSSR count). The third-order valence-electron chi connectivity index (χ3n) is 1.21. The summed E-state index contributed by atoms with van der Waals surface area (Å²) in [4.78, 5) is 5.64. The van der Waals surface area contributed by atoms with Crippen LogP contribution in [0.5, 0.6) is 0 Å².